The van der Waals surface area contributed by atoms with Crippen molar-refractivity contribution >= 4 is 5.97 Å². The highest BCUT2D eigenvalue weighted by Gasteiger charge is 2.42. The number of rotatable bonds is 7. The fourth-order valence-corrected chi connectivity index (χ4v) is 4.38. The van der Waals surface area contributed by atoms with Gasteiger partial charge in [-0.3, -0.25) is 4.79 Å². The lowest BCUT2D eigenvalue weighted by Gasteiger charge is -2.43. The topological polar surface area (TPSA) is 96.2 Å². The van der Waals surface area contributed by atoms with Gasteiger partial charge < -0.3 is 28.6 Å². The van der Waals surface area contributed by atoms with Crippen LogP contribution in [0.4, 0.5) is 0 Å². The summed E-state index contributed by atoms with van der Waals surface area (Å²) in [6, 6.07) is 7.06. The summed E-state index contributed by atoms with van der Waals surface area (Å²) in [6.07, 6.45) is 2.43. The van der Waals surface area contributed by atoms with Crippen LogP contribution in [0.25, 0.3) is 11.3 Å². The molecular formula is C22H25NO7. The molecule has 2 aliphatic rings. The molecular weight excluding hydrogens is 390 g/mol. The minimum absolute atomic E-state index is 0.0892. The van der Waals surface area contributed by atoms with E-state index in [9.17, 15) is 14.7 Å². The van der Waals surface area contributed by atoms with Gasteiger partial charge in [-0.2, -0.15) is 0 Å². The molecule has 1 saturated heterocycles. The molecule has 0 aliphatic carbocycles. The molecule has 3 unspecified atom stereocenters. The highest BCUT2D eigenvalue weighted by atomic mass is 16.7. The molecule has 0 bridgehead atoms. The van der Waals surface area contributed by atoms with Crippen LogP contribution in [0.5, 0.6) is 5.75 Å². The summed E-state index contributed by atoms with van der Waals surface area (Å²) >= 11 is 0. The first-order valence-electron chi connectivity index (χ1n) is 9.95. The van der Waals surface area contributed by atoms with E-state index in [1.165, 1.54) is 12.3 Å². The number of nitrogens with zero attached hydrogens (tertiary/aromatic N) is 1. The van der Waals surface area contributed by atoms with Gasteiger partial charge in [-0.15, -0.1) is 0 Å². The summed E-state index contributed by atoms with van der Waals surface area (Å²) in [4.78, 5) is 23.9. The van der Waals surface area contributed by atoms with Crippen molar-refractivity contribution in [1.29, 1.82) is 0 Å². The number of pyridine rings is 1. The molecule has 0 radical (unpaired) electrons. The Kier molecular flexibility index (Phi) is 5.90. The summed E-state index contributed by atoms with van der Waals surface area (Å²) < 4.78 is 24.3. The van der Waals surface area contributed by atoms with E-state index in [-0.39, 0.29) is 17.5 Å². The number of fused-ring (bicyclic) bond motifs is 6. The zero-order chi connectivity index (χ0) is 21.3. The number of carboxylic acid groups (broad SMARTS) is 1. The lowest BCUT2D eigenvalue weighted by molar-refractivity contribution is -0.170. The number of carbonyl (C=O) groups is 1. The van der Waals surface area contributed by atoms with Gasteiger partial charge in [0.2, 0.25) is 0 Å². The van der Waals surface area contributed by atoms with Gasteiger partial charge >= 0.3 is 5.97 Å². The maximum Gasteiger partial charge on any atom is 0.341 e. The number of benzene rings is 1. The first-order chi connectivity index (χ1) is 14.5. The fourth-order valence-electron chi connectivity index (χ4n) is 4.38. The van der Waals surface area contributed by atoms with Crippen LogP contribution in [0, 0.1) is 0 Å². The van der Waals surface area contributed by atoms with Crippen molar-refractivity contribution in [2.45, 2.75) is 31.1 Å². The first-order valence-corrected chi connectivity index (χ1v) is 9.95. The molecule has 8 heteroatoms. The van der Waals surface area contributed by atoms with Crippen molar-refractivity contribution in [1.82, 2.24) is 4.57 Å². The van der Waals surface area contributed by atoms with Gasteiger partial charge in [0.05, 0.1) is 24.8 Å². The zero-order valence-corrected chi connectivity index (χ0v) is 17.0. The number of hydrogen-bond donors (Lipinski definition) is 1. The molecule has 3 atom stereocenters. The average molecular weight is 415 g/mol. The second kappa shape index (κ2) is 8.59. The second-order valence-corrected chi connectivity index (χ2v) is 7.45. The monoisotopic (exact) mass is 415 g/mol. The molecule has 1 N–H and O–H groups in total. The maximum atomic E-state index is 12.4. The van der Waals surface area contributed by atoms with E-state index in [1.54, 1.807) is 14.2 Å². The molecule has 4 rings (SSSR count). The van der Waals surface area contributed by atoms with Crippen molar-refractivity contribution in [3.63, 3.8) is 0 Å². The molecule has 2 aliphatic heterocycles. The maximum absolute atomic E-state index is 12.4. The van der Waals surface area contributed by atoms with Gasteiger partial charge in [0.15, 0.2) is 11.7 Å². The fraction of sp³-hybridized carbons (Fsp3) is 0.455. The van der Waals surface area contributed by atoms with Crippen molar-refractivity contribution in [2.24, 2.45) is 0 Å². The summed E-state index contributed by atoms with van der Waals surface area (Å²) in [5.41, 5.74) is 1.78. The Morgan fingerprint density at radius 3 is 2.83 bits per heavy atom. The van der Waals surface area contributed by atoms with Crippen LogP contribution < -0.4 is 10.2 Å². The number of carboxylic acids is 1. The molecule has 0 saturated carbocycles. The van der Waals surface area contributed by atoms with Gasteiger partial charge in [-0.05, 0) is 30.2 Å². The summed E-state index contributed by atoms with van der Waals surface area (Å²) in [5.74, 6) is -0.660. The van der Waals surface area contributed by atoms with E-state index in [4.69, 9.17) is 18.9 Å². The van der Waals surface area contributed by atoms with E-state index in [0.29, 0.717) is 31.9 Å². The zero-order valence-electron chi connectivity index (χ0n) is 17.0. The van der Waals surface area contributed by atoms with Crippen LogP contribution >= 0.6 is 0 Å². The SMILES string of the molecule is COCCCOc1ccc2c(c1)C1C(OC)OCCC1n1cc(C(=O)O)c(=O)cc1-2. The van der Waals surface area contributed by atoms with Crippen LogP contribution in [0.3, 0.4) is 0 Å². The highest BCUT2D eigenvalue weighted by molar-refractivity contribution is 5.87. The molecule has 160 valence electrons. The van der Waals surface area contributed by atoms with Crippen LogP contribution in [-0.2, 0) is 14.2 Å². The van der Waals surface area contributed by atoms with Crippen molar-refractivity contribution in [3.8, 4) is 17.0 Å². The number of ether oxygens (including phenoxy) is 4. The van der Waals surface area contributed by atoms with E-state index in [1.807, 2.05) is 22.8 Å². The third-order valence-electron chi connectivity index (χ3n) is 5.72. The van der Waals surface area contributed by atoms with Crippen LogP contribution in [0.15, 0.2) is 35.3 Å². The predicted molar refractivity (Wildman–Crippen MR) is 108 cm³/mol. The van der Waals surface area contributed by atoms with Crippen LogP contribution in [0.2, 0.25) is 0 Å². The lowest BCUT2D eigenvalue weighted by Crippen LogP contribution is -2.40. The van der Waals surface area contributed by atoms with E-state index < -0.39 is 17.7 Å². The van der Waals surface area contributed by atoms with Crippen molar-refractivity contribution < 1.29 is 28.8 Å². The molecule has 0 amide bonds. The number of hydrogen-bond acceptors (Lipinski definition) is 6. The Morgan fingerprint density at radius 2 is 2.10 bits per heavy atom. The van der Waals surface area contributed by atoms with Crippen LogP contribution in [-0.4, -0.2) is 56.0 Å². The van der Waals surface area contributed by atoms with Gasteiger partial charge in [0, 0.05) is 51.1 Å². The standard InChI is InChI=1S/C22H25NO7/c1-27-7-3-8-29-13-4-5-14-15(10-13)20-17(6-9-30-22(20)28-2)23-12-16(21(25)26)19(24)11-18(14)23/h4-5,10-12,17,20,22H,3,6-9H2,1-2H3,(H,25,26). The van der Waals surface area contributed by atoms with Crippen LogP contribution in [0.1, 0.15) is 40.7 Å². The normalized spacial score (nSPS) is 22.0. The minimum Gasteiger partial charge on any atom is -0.493 e. The Labute approximate surface area is 173 Å². The predicted octanol–water partition coefficient (Wildman–Crippen LogP) is 2.66. The van der Waals surface area contributed by atoms with E-state index in [2.05, 4.69) is 0 Å². The third kappa shape index (κ3) is 3.62. The Morgan fingerprint density at radius 1 is 1.27 bits per heavy atom. The summed E-state index contributed by atoms with van der Waals surface area (Å²) in [6.45, 7) is 1.64. The largest absolute Gasteiger partial charge is 0.493 e. The Bertz CT molecular complexity index is 999. The Balaban J connectivity index is 1.81. The third-order valence-corrected chi connectivity index (χ3v) is 5.72. The second-order valence-electron chi connectivity index (χ2n) is 7.45. The quantitative estimate of drug-likeness (QED) is 0.695. The molecule has 1 aromatic carbocycles. The molecule has 3 heterocycles. The van der Waals surface area contributed by atoms with Gasteiger partial charge in [0.1, 0.15) is 11.3 Å². The summed E-state index contributed by atoms with van der Waals surface area (Å²) in [5, 5.41) is 9.43. The first kappa shape index (κ1) is 20.6. The van der Waals surface area contributed by atoms with Crippen molar-refractivity contribution in [2.75, 3.05) is 34.0 Å². The van der Waals surface area contributed by atoms with E-state index in [0.717, 1.165) is 23.3 Å². The van der Waals surface area contributed by atoms with Gasteiger partial charge in [-0.1, -0.05) is 0 Å². The molecule has 30 heavy (non-hydrogen) atoms. The molecule has 1 fully saturated rings. The number of aromatic nitrogens is 1. The number of aromatic carboxylic acids is 1. The van der Waals surface area contributed by atoms with Gasteiger partial charge in [0.25, 0.3) is 0 Å². The number of methoxy groups -OCH3 is 2. The molecule has 0 spiro atoms. The van der Waals surface area contributed by atoms with Crippen molar-refractivity contribution in [3.05, 3.63) is 51.8 Å². The molecule has 1 aromatic heterocycles. The van der Waals surface area contributed by atoms with Gasteiger partial charge in [-0.25, -0.2) is 4.79 Å². The minimum atomic E-state index is -1.23. The lowest BCUT2D eigenvalue weighted by atomic mass is 9.79. The smallest absolute Gasteiger partial charge is 0.341 e. The Hall–Kier alpha value is -2.68. The highest BCUT2D eigenvalue weighted by Crippen LogP contribution is 2.49. The molecule has 8 nitrogen and oxygen atoms in total. The molecule has 2 aromatic rings. The van der Waals surface area contributed by atoms with E-state index >= 15 is 0 Å². The average Bonchev–Trinajstić information content (AvgIpc) is 2.75. The summed E-state index contributed by atoms with van der Waals surface area (Å²) in [7, 11) is 3.25.